The Morgan fingerprint density at radius 1 is 1.11 bits per heavy atom. The minimum Gasteiger partial charge on any atom is -0.381 e. The fraction of sp³-hybridized carbons (Fsp3) is 1.00. The number of nitrogens with zero attached hydrogens (tertiary/aromatic N) is 2. The zero-order chi connectivity index (χ0) is 13.5. The Morgan fingerprint density at radius 3 is 2.53 bits per heavy atom. The van der Waals surface area contributed by atoms with Gasteiger partial charge in [-0.25, -0.2) is 0 Å². The van der Waals surface area contributed by atoms with Crippen LogP contribution in [0.1, 0.15) is 26.7 Å². The maximum Gasteiger partial charge on any atom is 0.0521 e. The van der Waals surface area contributed by atoms with E-state index in [0.717, 1.165) is 19.8 Å². The molecule has 0 aliphatic carbocycles. The normalized spacial score (nSPS) is 30.6. The number of ether oxygens (including phenoxy) is 1. The summed E-state index contributed by atoms with van der Waals surface area (Å²) >= 11 is 0. The van der Waals surface area contributed by atoms with E-state index in [1.54, 1.807) is 0 Å². The summed E-state index contributed by atoms with van der Waals surface area (Å²) in [5, 5.41) is 3.71. The monoisotopic (exact) mass is 269 g/mol. The third-order valence-electron chi connectivity index (χ3n) is 4.54. The zero-order valence-corrected chi connectivity index (χ0v) is 12.7. The molecule has 112 valence electrons. The van der Waals surface area contributed by atoms with E-state index in [4.69, 9.17) is 4.74 Å². The first-order valence-corrected chi connectivity index (χ1v) is 8.09. The number of hydrogen-bond acceptors (Lipinski definition) is 4. The quantitative estimate of drug-likeness (QED) is 0.779. The van der Waals surface area contributed by atoms with Crippen LogP contribution in [0.3, 0.4) is 0 Å². The molecule has 2 fully saturated rings. The predicted octanol–water partition coefficient (Wildman–Crippen LogP) is 1.03. The van der Waals surface area contributed by atoms with Crippen LogP contribution in [0.2, 0.25) is 0 Å². The van der Waals surface area contributed by atoms with Crippen molar-refractivity contribution in [2.24, 2.45) is 5.92 Å². The summed E-state index contributed by atoms with van der Waals surface area (Å²) in [7, 11) is 0. The molecule has 0 saturated carbocycles. The Balaban J connectivity index is 1.76. The van der Waals surface area contributed by atoms with Gasteiger partial charge in [-0.1, -0.05) is 13.8 Å². The minimum atomic E-state index is 0.665. The average Bonchev–Trinajstić information content (AvgIpc) is 2.47. The molecular formula is C15H31N3O. The van der Waals surface area contributed by atoms with Crippen LogP contribution in [0, 0.1) is 5.92 Å². The Kier molecular flexibility index (Phi) is 6.57. The van der Waals surface area contributed by atoms with E-state index in [1.165, 1.54) is 52.1 Å². The first-order chi connectivity index (χ1) is 9.33. The van der Waals surface area contributed by atoms with Crippen molar-refractivity contribution in [3.8, 4) is 0 Å². The van der Waals surface area contributed by atoms with Crippen LogP contribution >= 0.6 is 0 Å². The van der Waals surface area contributed by atoms with Gasteiger partial charge in [0.2, 0.25) is 0 Å². The van der Waals surface area contributed by atoms with Gasteiger partial charge in [-0.15, -0.1) is 0 Å². The second kappa shape index (κ2) is 8.20. The smallest absolute Gasteiger partial charge is 0.0521 e. The van der Waals surface area contributed by atoms with E-state index in [0.29, 0.717) is 12.0 Å². The molecule has 0 radical (unpaired) electrons. The largest absolute Gasteiger partial charge is 0.381 e. The lowest BCUT2D eigenvalue weighted by Crippen LogP contribution is -2.52. The van der Waals surface area contributed by atoms with E-state index in [2.05, 4.69) is 29.0 Å². The van der Waals surface area contributed by atoms with E-state index in [-0.39, 0.29) is 0 Å². The van der Waals surface area contributed by atoms with Gasteiger partial charge in [-0.3, -0.25) is 0 Å². The highest BCUT2D eigenvalue weighted by Gasteiger charge is 2.28. The second-order valence-electron chi connectivity index (χ2n) is 5.92. The lowest BCUT2D eigenvalue weighted by Gasteiger charge is -2.39. The highest BCUT2D eigenvalue weighted by Crippen LogP contribution is 2.17. The lowest BCUT2D eigenvalue weighted by molar-refractivity contribution is 0.00918. The third-order valence-corrected chi connectivity index (χ3v) is 4.54. The van der Waals surface area contributed by atoms with Crippen LogP contribution in [0.5, 0.6) is 0 Å². The molecule has 0 aromatic carbocycles. The molecule has 2 aliphatic heterocycles. The molecular weight excluding hydrogens is 238 g/mol. The SMILES string of the molecule is CCCNC1CCOCC1CN1CCN(CC)CC1. The van der Waals surface area contributed by atoms with Crippen molar-refractivity contribution in [2.75, 3.05) is 59.0 Å². The van der Waals surface area contributed by atoms with E-state index < -0.39 is 0 Å². The number of likely N-dealkylation sites (N-methyl/N-ethyl adjacent to an activating group) is 1. The molecule has 0 aromatic heterocycles. The number of nitrogens with one attached hydrogen (secondary N) is 1. The summed E-state index contributed by atoms with van der Waals surface area (Å²) in [5.41, 5.74) is 0. The standard InChI is InChI=1S/C15H31N3O/c1-3-6-16-15-5-11-19-13-14(15)12-18-9-7-17(4-2)8-10-18/h14-16H,3-13H2,1-2H3. The van der Waals surface area contributed by atoms with Crippen LogP contribution in [0.25, 0.3) is 0 Å². The summed E-state index contributed by atoms with van der Waals surface area (Å²) in [6, 6.07) is 0.665. The van der Waals surface area contributed by atoms with Crippen molar-refractivity contribution < 1.29 is 4.74 Å². The summed E-state index contributed by atoms with van der Waals surface area (Å²) in [4.78, 5) is 5.17. The van der Waals surface area contributed by atoms with Crippen molar-refractivity contribution in [3.05, 3.63) is 0 Å². The van der Waals surface area contributed by atoms with Gasteiger partial charge in [0.05, 0.1) is 6.61 Å². The molecule has 1 N–H and O–H groups in total. The molecule has 0 amide bonds. The van der Waals surface area contributed by atoms with E-state index in [1.807, 2.05) is 0 Å². The zero-order valence-electron chi connectivity index (χ0n) is 12.7. The van der Waals surface area contributed by atoms with Crippen LogP contribution in [-0.2, 0) is 4.74 Å². The molecule has 4 nitrogen and oxygen atoms in total. The fourth-order valence-corrected chi connectivity index (χ4v) is 3.20. The van der Waals surface area contributed by atoms with Gasteiger partial charge in [0.25, 0.3) is 0 Å². The average molecular weight is 269 g/mol. The summed E-state index contributed by atoms with van der Waals surface area (Å²) in [6.07, 6.45) is 2.40. The first kappa shape index (κ1) is 15.2. The summed E-state index contributed by atoms with van der Waals surface area (Å²) < 4.78 is 5.70. The van der Waals surface area contributed by atoms with Crippen LogP contribution in [-0.4, -0.2) is 74.9 Å². The fourth-order valence-electron chi connectivity index (χ4n) is 3.20. The molecule has 19 heavy (non-hydrogen) atoms. The number of rotatable bonds is 6. The topological polar surface area (TPSA) is 27.7 Å². The Morgan fingerprint density at radius 2 is 1.84 bits per heavy atom. The predicted molar refractivity (Wildman–Crippen MR) is 79.6 cm³/mol. The Bertz CT molecular complexity index is 242. The number of hydrogen-bond donors (Lipinski definition) is 1. The van der Waals surface area contributed by atoms with Gasteiger partial charge >= 0.3 is 0 Å². The minimum absolute atomic E-state index is 0.665. The summed E-state index contributed by atoms with van der Waals surface area (Å²) in [5.74, 6) is 0.675. The van der Waals surface area contributed by atoms with Crippen LogP contribution in [0.4, 0.5) is 0 Å². The van der Waals surface area contributed by atoms with Crippen LogP contribution in [0.15, 0.2) is 0 Å². The van der Waals surface area contributed by atoms with Gasteiger partial charge < -0.3 is 19.9 Å². The van der Waals surface area contributed by atoms with Gasteiger partial charge in [0.1, 0.15) is 0 Å². The maximum atomic E-state index is 5.70. The molecule has 0 aromatic rings. The lowest BCUT2D eigenvalue weighted by atomic mass is 9.94. The van der Waals surface area contributed by atoms with Crippen LogP contribution < -0.4 is 5.32 Å². The third kappa shape index (κ3) is 4.71. The second-order valence-corrected chi connectivity index (χ2v) is 5.92. The van der Waals surface area contributed by atoms with Gasteiger partial charge in [0.15, 0.2) is 0 Å². The molecule has 2 rings (SSSR count). The van der Waals surface area contributed by atoms with Crippen molar-refractivity contribution in [2.45, 2.75) is 32.7 Å². The molecule has 4 heteroatoms. The highest BCUT2D eigenvalue weighted by atomic mass is 16.5. The van der Waals surface area contributed by atoms with Crippen molar-refractivity contribution in [3.63, 3.8) is 0 Å². The molecule has 0 bridgehead atoms. The molecule has 2 atom stereocenters. The first-order valence-electron chi connectivity index (χ1n) is 8.09. The molecule has 2 heterocycles. The Labute approximate surface area is 118 Å². The maximum absolute atomic E-state index is 5.70. The molecule has 2 aliphatic rings. The molecule has 2 saturated heterocycles. The van der Waals surface area contributed by atoms with Crippen molar-refractivity contribution in [1.82, 2.24) is 15.1 Å². The molecule has 2 unspecified atom stereocenters. The van der Waals surface area contributed by atoms with Crippen molar-refractivity contribution >= 4 is 0 Å². The van der Waals surface area contributed by atoms with Crippen molar-refractivity contribution in [1.29, 1.82) is 0 Å². The highest BCUT2D eigenvalue weighted by molar-refractivity contribution is 4.83. The van der Waals surface area contributed by atoms with Gasteiger partial charge in [0, 0.05) is 51.3 Å². The number of piperazine rings is 1. The van der Waals surface area contributed by atoms with Gasteiger partial charge in [-0.2, -0.15) is 0 Å². The van der Waals surface area contributed by atoms with Gasteiger partial charge in [-0.05, 0) is 25.9 Å². The summed E-state index contributed by atoms with van der Waals surface area (Å²) in [6.45, 7) is 14.8. The van der Waals surface area contributed by atoms with E-state index >= 15 is 0 Å². The Hall–Kier alpha value is -0.160. The molecule has 0 spiro atoms. The van der Waals surface area contributed by atoms with E-state index in [9.17, 15) is 0 Å².